The summed E-state index contributed by atoms with van der Waals surface area (Å²) in [6.07, 6.45) is 3.51. The van der Waals surface area contributed by atoms with Gasteiger partial charge in [0.15, 0.2) is 6.29 Å². The summed E-state index contributed by atoms with van der Waals surface area (Å²) in [5, 5.41) is 0.765. The summed E-state index contributed by atoms with van der Waals surface area (Å²) in [6.45, 7) is 8.50. The highest BCUT2D eigenvalue weighted by molar-refractivity contribution is 9.09. The maximum Gasteiger partial charge on any atom is 0.167 e. The molecule has 1 aliphatic carbocycles. The van der Waals surface area contributed by atoms with Gasteiger partial charge in [-0.05, 0) is 25.2 Å². The Balaban J connectivity index is 2.13. The van der Waals surface area contributed by atoms with Gasteiger partial charge in [-0.3, -0.25) is 0 Å². The molecule has 0 bridgehead atoms. The molecule has 16 heavy (non-hydrogen) atoms. The summed E-state index contributed by atoms with van der Waals surface area (Å²) in [5.74, 6) is 1.19. The van der Waals surface area contributed by atoms with E-state index in [-0.39, 0.29) is 11.7 Å². The molecule has 0 N–H and O–H groups in total. The van der Waals surface area contributed by atoms with Crippen LogP contribution < -0.4 is 0 Å². The number of alkyl halides is 1. The highest BCUT2D eigenvalue weighted by Crippen LogP contribution is 2.46. The minimum atomic E-state index is -0.0583. The average Bonchev–Trinajstić information content (AvgIpc) is 2.27. The molecule has 2 atom stereocenters. The molecular formula is C13H21BrO2. The van der Waals surface area contributed by atoms with Crippen LogP contribution in [0.15, 0.2) is 11.6 Å². The molecule has 0 aromatic heterocycles. The van der Waals surface area contributed by atoms with Crippen LogP contribution in [-0.2, 0) is 9.47 Å². The van der Waals surface area contributed by atoms with E-state index in [4.69, 9.17) is 9.47 Å². The topological polar surface area (TPSA) is 18.5 Å². The SMILES string of the molecule is CC1=C[C@H](C)C2(COC(CBr)OC2)[C@@H](C)C1. The van der Waals surface area contributed by atoms with Crippen LogP contribution in [0.2, 0.25) is 0 Å². The molecule has 0 radical (unpaired) electrons. The summed E-state index contributed by atoms with van der Waals surface area (Å²) in [6, 6.07) is 0. The van der Waals surface area contributed by atoms with Crippen molar-refractivity contribution < 1.29 is 9.47 Å². The van der Waals surface area contributed by atoms with Crippen LogP contribution in [-0.4, -0.2) is 24.8 Å². The molecule has 1 spiro atoms. The lowest BCUT2D eigenvalue weighted by Gasteiger charge is -2.49. The lowest BCUT2D eigenvalue weighted by Crippen LogP contribution is -2.51. The number of ether oxygens (including phenoxy) is 2. The zero-order chi connectivity index (χ0) is 11.8. The van der Waals surface area contributed by atoms with Gasteiger partial charge in [0.05, 0.1) is 18.5 Å². The number of hydrogen-bond acceptors (Lipinski definition) is 2. The summed E-state index contributed by atoms with van der Waals surface area (Å²) in [5.41, 5.74) is 1.70. The maximum absolute atomic E-state index is 5.80. The summed E-state index contributed by atoms with van der Waals surface area (Å²) in [7, 11) is 0. The Kier molecular flexibility index (Phi) is 3.77. The van der Waals surface area contributed by atoms with E-state index in [0.717, 1.165) is 18.5 Å². The van der Waals surface area contributed by atoms with E-state index < -0.39 is 0 Å². The van der Waals surface area contributed by atoms with Crippen LogP contribution in [0.3, 0.4) is 0 Å². The zero-order valence-corrected chi connectivity index (χ0v) is 11.9. The van der Waals surface area contributed by atoms with Crippen molar-refractivity contribution in [2.45, 2.75) is 33.5 Å². The highest BCUT2D eigenvalue weighted by atomic mass is 79.9. The molecule has 3 heteroatoms. The van der Waals surface area contributed by atoms with Crippen molar-refractivity contribution >= 4 is 15.9 Å². The van der Waals surface area contributed by atoms with Crippen molar-refractivity contribution in [3.05, 3.63) is 11.6 Å². The first-order chi connectivity index (χ1) is 7.58. The molecule has 0 amide bonds. The molecule has 2 rings (SSSR count). The Hall–Kier alpha value is 0.140. The molecule has 1 fully saturated rings. The molecule has 2 nitrogen and oxygen atoms in total. The van der Waals surface area contributed by atoms with Gasteiger partial charge >= 0.3 is 0 Å². The first-order valence-electron chi connectivity index (χ1n) is 6.05. The molecule has 0 aromatic rings. The van der Waals surface area contributed by atoms with Gasteiger partial charge in [-0.15, -0.1) is 0 Å². The van der Waals surface area contributed by atoms with Crippen LogP contribution in [0, 0.1) is 17.3 Å². The van der Waals surface area contributed by atoms with Gasteiger partial charge in [0.2, 0.25) is 0 Å². The Morgan fingerprint density at radius 2 is 2.00 bits per heavy atom. The standard InChI is InChI=1S/C13H21BrO2/c1-9-4-10(2)13(11(3)5-9)7-15-12(6-14)16-8-13/h4,10-12H,5-8H2,1-3H3/t10-,11-,12?,13?/m0/s1. The second kappa shape index (κ2) is 4.79. The Bertz CT molecular complexity index is 280. The predicted molar refractivity (Wildman–Crippen MR) is 68.6 cm³/mol. The summed E-state index contributed by atoms with van der Waals surface area (Å²) < 4.78 is 11.6. The van der Waals surface area contributed by atoms with Crippen molar-refractivity contribution in [1.29, 1.82) is 0 Å². The molecule has 0 unspecified atom stereocenters. The fourth-order valence-electron chi connectivity index (χ4n) is 3.02. The van der Waals surface area contributed by atoms with Gasteiger partial charge in [0, 0.05) is 5.41 Å². The molecular weight excluding hydrogens is 268 g/mol. The number of rotatable bonds is 1. The molecule has 1 aliphatic heterocycles. The van der Waals surface area contributed by atoms with Crippen molar-refractivity contribution in [3.63, 3.8) is 0 Å². The third-order valence-corrected chi connectivity index (χ3v) is 4.78. The van der Waals surface area contributed by atoms with E-state index in [1.165, 1.54) is 12.0 Å². The fraction of sp³-hybridized carbons (Fsp3) is 0.846. The fourth-order valence-corrected chi connectivity index (χ4v) is 3.39. The van der Waals surface area contributed by atoms with Gasteiger partial charge in [-0.2, -0.15) is 0 Å². The van der Waals surface area contributed by atoms with Crippen LogP contribution in [0.1, 0.15) is 27.2 Å². The first kappa shape index (κ1) is 12.6. The largest absolute Gasteiger partial charge is 0.351 e. The van der Waals surface area contributed by atoms with E-state index in [1.807, 2.05) is 0 Å². The molecule has 1 saturated heterocycles. The lowest BCUT2D eigenvalue weighted by molar-refractivity contribution is -0.239. The molecule has 92 valence electrons. The minimum Gasteiger partial charge on any atom is -0.351 e. The normalized spacial score (nSPS) is 44.5. The van der Waals surface area contributed by atoms with Gasteiger partial charge < -0.3 is 9.47 Å². The van der Waals surface area contributed by atoms with Gasteiger partial charge in [0.25, 0.3) is 0 Å². The molecule has 1 heterocycles. The number of allylic oxidation sites excluding steroid dienone is 2. The molecule has 0 aromatic carbocycles. The van der Waals surface area contributed by atoms with Crippen LogP contribution in [0.5, 0.6) is 0 Å². The summed E-state index contributed by atoms with van der Waals surface area (Å²) in [4.78, 5) is 0. The van der Waals surface area contributed by atoms with E-state index in [0.29, 0.717) is 11.8 Å². The first-order valence-corrected chi connectivity index (χ1v) is 7.17. The highest BCUT2D eigenvalue weighted by Gasteiger charge is 2.46. The minimum absolute atomic E-state index is 0.0583. The smallest absolute Gasteiger partial charge is 0.167 e. The van der Waals surface area contributed by atoms with Crippen molar-refractivity contribution in [1.82, 2.24) is 0 Å². The van der Waals surface area contributed by atoms with Gasteiger partial charge in [0.1, 0.15) is 0 Å². The second-order valence-electron chi connectivity index (χ2n) is 5.35. The van der Waals surface area contributed by atoms with Crippen molar-refractivity contribution in [2.24, 2.45) is 17.3 Å². The van der Waals surface area contributed by atoms with Crippen molar-refractivity contribution in [2.75, 3.05) is 18.5 Å². The van der Waals surface area contributed by atoms with Gasteiger partial charge in [-0.1, -0.05) is 41.4 Å². The van der Waals surface area contributed by atoms with E-state index in [9.17, 15) is 0 Å². The maximum atomic E-state index is 5.80. The second-order valence-corrected chi connectivity index (χ2v) is 5.99. The molecule has 0 saturated carbocycles. The third kappa shape index (κ3) is 2.09. The van der Waals surface area contributed by atoms with E-state index >= 15 is 0 Å². The Labute approximate surface area is 107 Å². The summed E-state index contributed by atoms with van der Waals surface area (Å²) >= 11 is 3.40. The quantitative estimate of drug-likeness (QED) is 0.544. The zero-order valence-electron chi connectivity index (χ0n) is 10.3. The average molecular weight is 289 g/mol. The number of halogens is 1. The monoisotopic (exact) mass is 288 g/mol. The van der Waals surface area contributed by atoms with E-state index in [1.54, 1.807) is 0 Å². The van der Waals surface area contributed by atoms with Crippen molar-refractivity contribution in [3.8, 4) is 0 Å². The van der Waals surface area contributed by atoms with Crippen LogP contribution >= 0.6 is 15.9 Å². The van der Waals surface area contributed by atoms with Gasteiger partial charge in [-0.25, -0.2) is 0 Å². The lowest BCUT2D eigenvalue weighted by atomic mass is 9.63. The molecule has 2 aliphatic rings. The van der Waals surface area contributed by atoms with Crippen LogP contribution in [0.4, 0.5) is 0 Å². The third-order valence-electron chi connectivity index (χ3n) is 4.25. The Morgan fingerprint density at radius 1 is 1.38 bits per heavy atom. The predicted octanol–water partition coefficient (Wildman–Crippen LogP) is 3.36. The van der Waals surface area contributed by atoms with Crippen LogP contribution in [0.25, 0.3) is 0 Å². The Morgan fingerprint density at radius 3 is 2.50 bits per heavy atom. The van der Waals surface area contributed by atoms with E-state index in [2.05, 4.69) is 42.8 Å². The number of hydrogen-bond donors (Lipinski definition) is 0.